The van der Waals surface area contributed by atoms with E-state index in [0.717, 1.165) is 24.2 Å². The summed E-state index contributed by atoms with van der Waals surface area (Å²) in [4.78, 5) is 11.4. The third-order valence-electron chi connectivity index (χ3n) is 2.53. The van der Waals surface area contributed by atoms with Crippen LogP contribution in [-0.4, -0.2) is 18.5 Å². The Balaban J connectivity index is 1.66. The highest BCUT2D eigenvalue weighted by molar-refractivity contribution is 5.77. The van der Waals surface area contributed by atoms with E-state index in [4.69, 9.17) is 5.73 Å². The molecule has 1 amide bonds. The largest absolute Gasteiger partial charge is 0.399 e. The van der Waals surface area contributed by atoms with Crippen molar-refractivity contribution in [3.05, 3.63) is 24.3 Å². The second kappa shape index (κ2) is 4.88. The first-order chi connectivity index (χ1) is 7.74. The van der Waals surface area contributed by atoms with Crippen LogP contribution < -0.4 is 16.4 Å². The SMILES string of the molecule is Nc1ccc(NCCC(=O)NC2CC2)cc1. The van der Waals surface area contributed by atoms with Gasteiger partial charge in [0.2, 0.25) is 5.91 Å². The minimum Gasteiger partial charge on any atom is -0.399 e. The summed E-state index contributed by atoms with van der Waals surface area (Å²) in [6, 6.07) is 7.95. The van der Waals surface area contributed by atoms with Gasteiger partial charge in [0.05, 0.1) is 0 Å². The van der Waals surface area contributed by atoms with E-state index in [1.165, 1.54) is 0 Å². The van der Waals surface area contributed by atoms with Crippen molar-refractivity contribution < 1.29 is 4.79 Å². The zero-order valence-electron chi connectivity index (χ0n) is 9.20. The molecule has 0 bridgehead atoms. The fourth-order valence-electron chi connectivity index (χ4n) is 1.45. The molecule has 0 aromatic heterocycles. The normalized spacial score (nSPS) is 14.5. The number of hydrogen-bond donors (Lipinski definition) is 3. The van der Waals surface area contributed by atoms with Gasteiger partial charge in [0, 0.05) is 30.4 Å². The summed E-state index contributed by atoms with van der Waals surface area (Å²) in [5.74, 6) is 0.130. The topological polar surface area (TPSA) is 67.1 Å². The Morgan fingerprint density at radius 3 is 2.62 bits per heavy atom. The molecule has 0 aliphatic heterocycles. The quantitative estimate of drug-likeness (QED) is 0.655. The lowest BCUT2D eigenvalue weighted by molar-refractivity contribution is -0.120. The van der Waals surface area contributed by atoms with Gasteiger partial charge in [-0.3, -0.25) is 4.79 Å². The van der Waals surface area contributed by atoms with E-state index >= 15 is 0 Å². The zero-order chi connectivity index (χ0) is 11.4. The van der Waals surface area contributed by atoms with Crippen LogP contribution in [0.25, 0.3) is 0 Å². The fourth-order valence-corrected chi connectivity index (χ4v) is 1.45. The van der Waals surface area contributed by atoms with Crippen LogP contribution in [0.1, 0.15) is 19.3 Å². The van der Waals surface area contributed by atoms with Gasteiger partial charge in [-0.25, -0.2) is 0 Å². The number of nitrogen functional groups attached to an aromatic ring is 1. The van der Waals surface area contributed by atoms with Crippen molar-refractivity contribution >= 4 is 17.3 Å². The maximum atomic E-state index is 11.4. The van der Waals surface area contributed by atoms with Crippen LogP contribution in [0.2, 0.25) is 0 Å². The molecule has 0 radical (unpaired) electrons. The van der Waals surface area contributed by atoms with E-state index < -0.39 is 0 Å². The van der Waals surface area contributed by atoms with Crippen molar-refractivity contribution in [2.75, 3.05) is 17.6 Å². The van der Waals surface area contributed by atoms with Crippen LogP contribution in [0, 0.1) is 0 Å². The number of rotatable bonds is 5. The lowest BCUT2D eigenvalue weighted by Crippen LogP contribution is -2.27. The summed E-state index contributed by atoms with van der Waals surface area (Å²) < 4.78 is 0. The number of anilines is 2. The predicted molar refractivity (Wildman–Crippen MR) is 65.1 cm³/mol. The van der Waals surface area contributed by atoms with E-state index in [-0.39, 0.29) is 5.91 Å². The van der Waals surface area contributed by atoms with Crippen molar-refractivity contribution in [3.63, 3.8) is 0 Å². The molecule has 1 aromatic carbocycles. The molecule has 1 aliphatic rings. The van der Waals surface area contributed by atoms with Crippen LogP contribution in [0.4, 0.5) is 11.4 Å². The van der Waals surface area contributed by atoms with Crippen molar-refractivity contribution in [3.8, 4) is 0 Å². The van der Waals surface area contributed by atoms with Gasteiger partial charge in [-0.05, 0) is 37.1 Å². The molecule has 1 aromatic rings. The highest BCUT2D eigenvalue weighted by Crippen LogP contribution is 2.18. The Hall–Kier alpha value is -1.71. The van der Waals surface area contributed by atoms with E-state index in [1.807, 2.05) is 24.3 Å². The highest BCUT2D eigenvalue weighted by Gasteiger charge is 2.22. The minimum atomic E-state index is 0.130. The van der Waals surface area contributed by atoms with Gasteiger partial charge in [0.1, 0.15) is 0 Å². The van der Waals surface area contributed by atoms with Gasteiger partial charge in [-0.2, -0.15) is 0 Å². The molecule has 1 saturated carbocycles. The summed E-state index contributed by atoms with van der Waals surface area (Å²) in [6.45, 7) is 0.655. The molecule has 86 valence electrons. The van der Waals surface area contributed by atoms with Gasteiger partial charge in [0.25, 0.3) is 0 Å². The van der Waals surface area contributed by atoms with Gasteiger partial charge in [-0.1, -0.05) is 0 Å². The van der Waals surface area contributed by atoms with Crippen molar-refractivity contribution in [1.82, 2.24) is 5.32 Å². The molecular formula is C12H17N3O. The number of carbonyl (C=O) groups excluding carboxylic acids is 1. The van der Waals surface area contributed by atoms with E-state index in [1.54, 1.807) is 0 Å². The van der Waals surface area contributed by atoms with Crippen LogP contribution >= 0.6 is 0 Å². The van der Waals surface area contributed by atoms with Crippen molar-refractivity contribution in [1.29, 1.82) is 0 Å². The second-order valence-corrected chi connectivity index (χ2v) is 4.14. The van der Waals surface area contributed by atoms with E-state index in [2.05, 4.69) is 10.6 Å². The van der Waals surface area contributed by atoms with Crippen LogP contribution in [0.5, 0.6) is 0 Å². The molecule has 0 atom stereocenters. The van der Waals surface area contributed by atoms with E-state index in [0.29, 0.717) is 19.0 Å². The monoisotopic (exact) mass is 219 g/mol. The summed E-state index contributed by atoms with van der Waals surface area (Å²) >= 11 is 0. The van der Waals surface area contributed by atoms with Gasteiger partial charge in [0.15, 0.2) is 0 Å². The summed E-state index contributed by atoms with van der Waals surface area (Å²) in [5, 5.41) is 6.13. The third kappa shape index (κ3) is 3.46. The number of nitrogens with two attached hydrogens (primary N) is 1. The lowest BCUT2D eigenvalue weighted by Gasteiger charge is -2.06. The van der Waals surface area contributed by atoms with Gasteiger partial charge < -0.3 is 16.4 Å². The number of carbonyl (C=O) groups is 1. The predicted octanol–water partition coefficient (Wildman–Crippen LogP) is 1.35. The number of hydrogen-bond acceptors (Lipinski definition) is 3. The van der Waals surface area contributed by atoms with Crippen LogP contribution in [0.3, 0.4) is 0 Å². The van der Waals surface area contributed by atoms with Crippen LogP contribution in [-0.2, 0) is 4.79 Å². The standard InChI is InChI=1S/C12H17N3O/c13-9-1-3-10(4-2-9)14-8-7-12(16)15-11-5-6-11/h1-4,11,14H,5-8,13H2,(H,15,16). The first-order valence-electron chi connectivity index (χ1n) is 5.63. The molecule has 1 fully saturated rings. The zero-order valence-corrected chi connectivity index (χ0v) is 9.20. The highest BCUT2D eigenvalue weighted by atomic mass is 16.1. The lowest BCUT2D eigenvalue weighted by atomic mass is 10.3. The second-order valence-electron chi connectivity index (χ2n) is 4.14. The number of amides is 1. The average Bonchev–Trinajstić information content (AvgIpc) is 3.05. The Morgan fingerprint density at radius 2 is 2.00 bits per heavy atom. The maximum Gasteiger partial charge on any atom is 0.221 e. The Morgan fingerprint density at radius 1 is 1.31 bits per heavy atom. The molecule has 2 rings (SSSR count). The molecule has 1 aliphatic carbocycles. The number of benzene rings is 1. The molecule has 0 saturated heterocycles. The molecule has 4 nitrogen and oxygen atoms in total. The van der Waals surface area contributed by atoms with E-state index in [9.17, 15) is 4.79 Å². The summed E-state index contributed by atoms with van der Waals surface area (Å²) in [5.41, 5.74) is 7.31. The average molecular weight is 219 g/mol. The fraction of sp³-hybridized carbons (Fsp3) is 0.417. The summed E-state index contributed by atoms with van der Waals surface area (Å²) in [6.07, 6.45) is 2.79. The summed E-state index contributed by atoms with van der Waals surface area (Å²) in [7, 11) is 0. The first kappa shape index (κ1) is 10.8. The Bertz CT molecular complexity index is 357. The minimum absolute atomic E-state index is 0.130. The molecule has 16 heavy (non-hydrogen) atoms. The Labute approximate surface area is 95.2 Å². The first-order valence-corrected chi connectivity index (χ1v) is 5.63. The maximum absolute atomic E-state index is 11.4. The molecule has 4 heteroatoms. The third-order valence-corrected chi connectivity index (χ3v) is 2.53. The number of nitrogens with one attached hydrogen (secondary N) is 2. The molecule has 0 unspecified atom stereocenters. The van der Waals surface area contributed by atoms with Crippen molar-refractivity contribution in [2.24, 2.45) is 0 Å². The molecule has 0 heterocycles. The van der Waals surface area contributed by atoms with Crippen LogP contribution in [0.15, 0.2) is 24.3 Å². The van der Waals surface area contributed by atoms with Crippen molar-refractivity contribution in [2.45, 2.75) is 25.3 Å². The molecular weight excluding hydrogens is 202 g/mol. The smallest absolute Gasteiger partial charge is 0.221 e. The molecule has 4 N–H and O–H groups in total. The van der Waals surface area contributed by atoms with Gasteiger partial charge in [-0.15, -0.1) is 0 Å². The van der Waals surface area contributed by atoms with Gasteiger partial charge >= 0.3 is 0 Å². The Kier molecular flexibility index (Phi) is 3.29. The molecule has 0 spiro atoms.